The molecule has 0 bridgehead atoms. The van der Waals surface area contributed by atoms with Crippen LogP contribution >= 0.6 is 11.8 Å². The van der Waals surface area contributed by atoms with Gasteiger partial charge >= 0.3 is 5.97 Å². The first kappa shape index (κ1) is 18.2. The number of fused-ring (bicyclic) bond motifs is 1. The van der Waals surface area contributed by atoms with Gasteiger partial charge in [0.25, 0.3) is 5.56 Å². The molecule has 2 aromatic heterocycles. The Balaban J connectivity index is 1.59. The standard InChI is InChI=1S/C20H20N2O3S/c1-14-8-9-18-21-17(10-19(23)22(18)11-14)12-25-20(24)15(2)26-13-16-6-4-3-5-7-16/h3-11,15H,12-13H2,1-2H3/t15-/m1/s1. The molecule has 3 aromatic rings. The molecule has 0 radical (unpaired) electrons. The number of aryl methyl sites for hydroxylation is 1. The molecule has 26 heavy (non-hydrogen) atoms. The number of hydrogen-bond donors (Lipinski definition) is 0. The zero-order valence-electron chi connectivity index (χ0n) is 14.7. The quantitative estimate of drug-likeness (QED) is 0.624. The van der Waals surface area contributed by atoms with Crippen LogP contribution in [-0.4, -0.2) is 20.6 Å². The smallest absolute Gasteiger partial charge is 0.319 e. The van der Waals surface area contributed by atoms with Gasteiger partial charge < -0.3 is 4.74 Å². The lowest BCUT2D eigenvalue weighted by atomic mass is 10.2. The van der Waals surface area contributed by atoms with E-state index in [2.05, 4.69) is 4.98 Å². The van der Waals surface area contributed by atoms with Crippen molar-refractivity contribution in [1.29, 1.82) is 0 Å². The van der Waals surface area contributed by atoms with Gasteiger partial charge in [0.05, 0.1) is 10.9 Å². The second-order valence-corrected chi connectivity index (χ2v) is 7.40. The summed E-state index contributed by atoms with van der Waals surface area (Å²) in [4.78, 5) is 28.7. The summed E-state index contributed by atoms with van der Waals surface area (Å²) in [6.07, 6.45) is 1.74. The highest BCUT2D eigenvalue weighted by Crippen LogP contribution is 2.18. The summed E-state index contributed by atoms with van der Waals surface area (Å²) in [6.45, 7) is 3.73. The first-order chi connectivity index (χ1) is 12.5. The van der Waals surface area contributed by atoms with E-state index in [9.17, 15) is 9.59 Å². The van der Waals surface area contributed by atoms with Crippen molar-refractivity contribution in [1.82, 2.24) is 9.38 Å². The minimum absolute atomic E-state index is 0.00527. The molecule has 0 amide bonds. The number of thioether (sulfide) groups is 1. The van der Waals surface area contributed by atoms with Gasteiger partial charge in [0.1, 0.15) is 12.3 Å². The second-order valence-electron chi connectivity index (χ2n) is 6.07. The van der Waals surface area contributed by atoms with Crippen LogP contribution in [0.4, 0.5) is 0 Å². The summed E-state index contributed by atoms with van der Waals surface area (Å²) in [5, 5.41) is -0.292. The molecule has 0 N–H and O–H groups in total. The number of ether oxygens (including phenoxy) is 1. The maximum absolute atomic E-state index is 12.2. The average Bonchev–Trinajstić information content (AvgIpc) is 2.65. The summed E-state index contributed by atoms with van der Waals surface area (Å²) in [6, 6.07) is 15.0. The van der Waals surface area contributed by atoms with E-state index in [1.807, 2.05) is 50.2 Å². The molecule has 0 spiro atoms. The SMILES string of the molecule is Cc1ccc2nc(COC(=O)[C@@H](C)SCc3ccccc3)cc(=O)n2c1. The fraction of sp³-hybridized carbons (Fsp3) is 0.250. The van der Waals surface area contributed by atoms with E-state index in [-0.39, 0.29) is 23.4 Å². The van der Waals surface area contributed by atoms with Crippen molar-refractivity contribution in [2.75, 3.05) is 0 Å². The van der Waals surface area contributed by atoms with Crippen molar-refractivity contribution in [3.63, 3.8) is 0 Å². The summed E-state index contributed by atoms with van der Waals surface area (Å²) in [5.74, 6) is 0.434. The molecule has 0 aliphatic heterocycles. The minimum Gasteiger partial charge on any atom is -0.458 e. The van der Waals surface area contributed by atoms with E-state index in [0.29, 0.717) is 11.3 Å². The molecule has 0 unspecified atom stereocenters. The number of esters is 1. The second kappa shape index (κ2) is 8.19. The van der Waals surface area contributed by atoms with Crippen LogP contribution in [0.5, 0.6) is 0 Å². The number of aromatic nitrogens is 2. The van der Waals surface area contributed by atoms with Gasteiger partial charge in [-0.1, -0.05) is 36.4 Å². The number of rotatable bonds is 6. The minimum atomic E-state index is -0.308. The topological polar surface area (TPSA) is 60.7 Å². The van der Waals surface area contributed by atoms with E-state index in [1.54, 1.807) is 12.3 Å². The Morgan fingerprint density at radius 2 is 2.00 bits per heavy atom. The van der Waals surface area contributed by atoms with E-state index in [0.717, 1.165) is 16.9 Å². The number of carbonyl (C=O) groups excluding carboxylic acids is 1. The van der Waals surface area contributed by atoms with Crippen molar-refractivity contribution in [3.05, 3.63) is 81.9 Å². The van der Waals surface area contributed by atoms with Crippen molar-refractivity contribution in [3.8, 4) is 0 Å². The molecule has 1 atom stereocenters. The van der Waals surface area contributed by atoms with E-state index >= 15 is 0 Å². The van der Waals surface area contributed by atoms with Crippen molar-refractivity contribution >= 4 is 23.4 Å². The van der Waals surface area contributed by atoms with Gasteiger partial charge in [0, 0.05) is 18.0 Å². The molecular weight excluding hydrogens is 348 g/mol. The zero-order valence-corrected chi connectivity index (χ0v) is 15.5. The van der Waals surface area contributed by atoms with Gasteiger partial charge in [-0.25, -0.2) is 4.98 Å². The van der Waals surface area contributed by atoms with Crippen molar-refractivity contribution in [2.45, 2.75) is 31.5 Å². The Morgan fingerprint density at radius 1 is 1.23 bits per heavy atom. The third kappa shape index (κ3) is 4.52. The summed E-state index contributed by atoms with van der Waals surface area (Å²) in [5.41, 5.74) is 2.95. The maximum Gasteiger partial charge on any atom is 0.319 e. The molecule has 0 saturated heterocycles. The highest BCUT2D eigenvalue weighted by Gasteiger charge is 2.16. The van der Waals surface area contributed by atoms with Crippen LogP contribution in [0, 0.1) is 6.92 Å². The Labute approximate surface area is 156 Å². The van der Waals surface area contributed by atoms with E-state index in [1.165, 1.54) is 22.2 Å². The summed E-state index contributed by atoms with van der Waals surface area (Å²) in [7, 11) is 0. The van der Waals surface area contributed by atoms with Crippen molar-refractivity contribution in [2.24, 2.45) is 0 Å². The Hall–Kier alpha value is -2.60. The van der Waals surface area contributed by atoms with Gasteiger partial charge in [0.2, 0.25) is 0 Å². The molecule has 0 fully saturated rings. The lowest BCUT2D eigenvalue weighted by molar-refractivity contribution is -0.144. The van der Waals surface area contributed by atoms with Crippen LogP contribution in [0.1, 0.15) is 23.7 Å². The van der Waals surface area contributed by atoms with Gasteiger partial charge in [-0.2, -0.15) is 0 Å². The molecule has 3 rings (SSSR count). The van der Waals surface area contributed by atoms with Gasteiger partial charge in [-0.15, -0.1) is 11.8 Å². The van der Waals surface area contributed by atoms with Crippen molar-refractivity contribution < 1.29 is 9.53 Å². The van der Waals surface area contributed by atoms with Crippen LogP contribution in [0.3, 0.4) is 0 Å². The van der Waals surface area contributed by atoms with E-state index < -0.39 is 0 Å². The fourth-order valence-corrected chi connectivity index (χ4v) is 3.30. The predicted molar refractivity (Wildman–Crippen MR) is 103 cm³/mol. The molecule has 1 aromatic carbocycles. The van der Waals surface area contributed by atoms with Gasteiger partial charge in [-0.05, 0) is 31.0 Å². The normalized spacial score (nSPS) is 12.1. The third-order valence-electron chi connectivity index (χ3n) is 3.90. The van der Waals surface area contributed by atoms with Crippen LogP contribution < -0.4 is 5.56 Å². The van der Waals surface area contributed by atoms with Crippen LogP contribution in [0.15, 0.2) is 59.5 Å². The number of pyridine rings is 1. The van der Waals surface area contributed by atoms with Crippen LogP contribution in [-0.2, 0) is 21.9 Å². The monoisotopic (exact) mass is 368 g/mol. The molecule has 0 aliphatic rings. The largest absolute Gasteiger partial charge is 0.458 e. The maximum atomic E-state index is 12.2. The van der Waals surface area contributed by atoms with Gasteiger partial charge in [0.15, 0.2) is 0 Å². The van der Waals surface area contributed by atoms with Gasteiger partial charge in [-0.3, -0.25) is 14.0 Å². The molecular formula is C20H20N2O3S. The lowest BCUT2D eigenvalue weighted by Crippen LogP contribution is -2.20. The Kier molecular flexibility index (Phi) is 5.73. The lowest BCUT2D eigenvalue weighted by Gasteiger charge is -2.11. The molecule has 6 heteroatoms. The van der Waals surface area contributed by atoms with Crippen LogP contribution in [0.2, 0.25) is 0 Å². The van der Waals surface area contributed by atoms with Crippen LogP contribution in [0.25, 0.3) is 5.65 Å². The number of nitrogens with zero attached hydrogens (tertiary/aromatic N) is 2. The first-order valence-electron chi connectivity index (χ1n) is 8.34. The molecule has 0 saturated carbocycles. The highest BCUT2D eigenvalue weighted by molar-refractivity contribution is 7.99. The Bertz CT molecular complexity index is 970. The highest BCUT2D eigenvalue weighted by atomic mass is 32.2. The number of hydrogen-bond acceptors (Lipinski definition) is 5. The summed E-state index contributed by atoms with van der Waals surface area (Å²) >= 11 is 1.52. The third-order valence-corrected chi connectivity index (χ3v) is 5.09. The molecule has 2 heterocycles. The molecule has 134 valence electrons. The Morgan fingerprint density at radius 3 is 2.77 bits per heavy atom. The first-order valence-corrected chi connectivity index (χ1v) is 9.39. The molecule has 0 aliphatic carbocycles. The average molecular weight is 368 g/mol. The zero-order chi connectivity index (χ0) is 18.5. The predicted octanol–water partition coefficient (Wildman–Crippen LogP) is 3.37. The number of carbonyl (C=O) groups is 1. The van der Waals surface area contributed by atoms with E-state index in [4.69, 9.17) is 4.74 Å². The number of benzene rings is 1. The molecule has 5 nitrogen and oxygen atoms in total. The summed E-state index contributed by atoms with van der Waals surface area (Å²) < 4.78 is 6.82. The fourth-order valence-electron chi connectivity index (χ4n) is 2.46.